The third-order valence-electron chi connectivity index (χ3n) is 5.23. The fourth-order valence-corrected chi connectivity index (χ4v) is 3.94. The monoisotopic (exact) mass is 446 g/mol. The number of hydrogen-bond acceptors (Lipinski definition) is 3. The van der Waals surface area contributed by atoms with E-state index < -0.39 is 0 Å². The molecule has 166 valence electrons. The molecule has 2 N–H and O–H groups in total. The molecule has 0 saturated carbocycles. The first-order valence-corrected chi connectivity index (χ1v) is 11.6. The minimum atomic E-state index is -0.327. The number of amides is 2. The molecule has 0 aliphatic rings. The van der Waals surface area contributed by atoms with Gasteiger partial charge in [0.1, 0.15) is 5.70 Å². The molecular weight excluding hydrogens is 416 g/mol. The van der Waals surface area contributed by atoms with Gasteiger partial charge in [-0.25, -0.2) is 0 Å². The first kappa shape index (κ1) is 23.5. The summed E-state index contributed by atoms with van der Waals surface area (Å²) in [6.07, 6.45) is 1.71. The lowest BCUT2D eigenvalue weighted by Crippen LogP contribution is -2.36. The summed E-state index contributed by atoms with van der Waals surface area (Å²) in [6, 6.07) is 19.2. The number of aryl methyl sites for hydroxylation is 1. The molecule has 3 rings (SSSR count). The normalized spacial score (nSPS) is 12.8. The Balaban J connectivity index is 1.79. The van der Waals surface area contributed by atoms with Crippen LogP contribution in [0.1, 0.15) is 65.7 Å². The quantitative estimate of drug-likeness (QED) is 0.456. The zero-order valence-corrected chi connectivity index (χ0v) is 20.0. The second-order valence-corrected chi connectivity index (χ2v) is 9.94. The molecule has 1 atom stereocenters. The predicted molar refractivity (Wildman–Crippen MR) is 133 cm³/mol. The third kappa shape index (κ3) is 6.17. The van der Waals surface area contributed by atoms with Crippen molar-refractivity contribution in [1.82, 2.24) is 10.6 Å². The van der Waals surface area contributed by atoms with Crippen molar-refractivity contribution < 1.29 is 9.59 Å². The zero-order chi connectivity index (χ0) is 23.3. The van der Waals surface area contributed by atoms with Crippen LogP contribution >= 0.6 is 11.3 Å². The summed E-state index contributed by atoms with van der Waals surface area (Å²) in [5.74, 6) is -0.638. The highest BCUT2D eigenvalue weighted by molar-refractivity contribution is 7.10. The van der Waals surface area contributed by atoms with E-state index in [9.17, 15) is 9.59 Å². The number of benzene rings is 2. The lowest BCUT2D eigenvalue weighted by molar-refractivity contribution is -0.118. The van der Waals surface area contributed by atoms with Crippen LogP contribution in [0.4, 0.5) is 0 Å². The van der Waals surface area contributed by atoms with Crippen molar-refractivity contribution in [2.75, 3.05) is 0 Å². The molecule has 0 fully saturated rings. The molecule has 0 unspecified atom stereocenters. The maximum absolute atomic E-state index is 13.1. The molecule has 2 amide bonds. The minimum absolute atomic E-state index is 0.0711. The van der Waals surface area contributed by atoms with E-state index in [1.807, 2.05) is 55.6 Å². The van der Waals surface area contributed by atoms with E-state index >= 15 is 0 Å². The van der Waals surface area contributed by atoms with Gasteiger partial charge in [0.15, 0.2) is 0 Å². The van der Waals surface area contributed by atoms with Crippen LogP contribution in [0.5, 0.6) is 0 Å². The number of rotatable bonds is 6. The highest BCUT2D eigenvalue weighted by Crippen LogP contribution is 2.24. The largest absolute Gasteiger partial charge is 0.344 e. The smallest absolute Gasteiger partial charge is 0.268 e. The average molecular weight is 447 g/mol. The van der Waals surface area contributed by atoms with Crippen molar-refractivity contribution in [3.63, 3.8) is 0 Å². The van der Waals surface area contributed by atoms with Gasteiger partial charge in [-0.15, -0.1) is 11.3 Å². The predicted octanol–water partition coefficient (Wildman–Crippen LogP) is 6.00. The van der Waals surface area contributed by atoms with Crippen LogP contribution in [0.15, 0.2) is 71.7 Å². The first-order valence-electron chi connectivity index (χ1n) is 10.7. The summed E-state index contributed by atoms with van der Waals surface area (Å²) in [5.41, 5.74) is 4.04. The van der Waals surface area contributed by atoms with E-state index in [2.05, 4.69) is 43.5 Å². The Morgan fingerprint density at radius 3 is 2.31 bits per heavy atom. The number of carbonyl (C=O) groups is 2. The van der Waals surface area contributed by atoms with E-state index in [0.717, 1.165) is 16.0 Å². The van der Waals surface area contributed by atoms with Crippen LogP contribution in [0.25, 0.3) is 6.08 Å². The van der Waals surface area contributed by atoms with Crippen molar-refractivity contribution in [2.24, 2.45) is 0 Å². The van der Waals surface area contributed by atoms with Gasteiger partial charge in [0.05, 0.1) is 6.04 Å². The van der Waals surface area contributed by atoms with E-state index in [0.29, 0.717) is 5.56 Å². The Kier molecular flexibility index (Phi) is 7.31. The highest BCUT2D eigenvalue weighted by atomic mass is 32.1. The van der Waals surface area contributed by atoms with Gasteiger partial charge in [-0.05, 0) is 60.0 Å². The zero-order valence-electron chi connectivity index (χ0n) is 19.2. The van der Waals surface area contributed by atoms with Gasteiger partial charge in [-0.1, -0.05) is 68.8 Å². The number of thiophene rings is 1. The van der Waals surface area contributed by atoms with Crippen LogP contribution in [0.3, 0.4) is 0 Å². The number of nitrogens with one attached hydrogen (secondary N) is 2. The molecule has 0 aliphatic carbocycles. The molecule has 2 aromatic carbocycles. The lowest BCUT2D eigenvalue weighted by Gasteiger charge is -2.21. The van der Waals surface area contributed by atoms with E-state index in [1.54, 1.807) is 18.2 Å². The summed E-state index contributed by atoms with van der Waals surface area (Å²) < 4.78 is 0. The maximum atomic E-state index is 13.1. The molecule has 32 heavy (non-hydrogen) atoms. The molecule has 0 saturated heterocycles. The summed E-state index contributed by atoms with van der Waals surface area (Å²) in [7, 11) is 0. The Labute approximate surface area is 194 Å². The molecular formula is C27H30N2O2S. The molecule has 0 spiro atoms. The summed E-state index contributed by atoms with van der Waals surface area (Å²) in [6.45, 7) is 10.4. The fraction of sp³-hybridized carbons (Fsp3) is 0.259. The number of carbonyl (C=O) groups excluding carboxylic acids is 2. The molecule has 4 nitrogen and oxygen atoms in total. The molecule has 3 aromatic rings. The van der Waals surface area contributed by atoms with Crippen molar-refractivity contribution >= 4 is 29.2 Å². The topological polar surface area (TPSA) is 58.2 Å². The maximum Gasteiger partial charge on any atom is 0.268 e. The minimum Gasteiger partial charge on any atom is -0.344 e. The Morgan fingerprint density at radius 2 is 1.72 bits per heavy atom. The number of hydrogen-bond donors (Lipinski definition) is 2. The van der Waals surface area contributed by atoms with Crippen molar-refractivity contribution in [1.29, 1.82) is 0 Å². The van der Waals surface area contributed by atoms with Crippen LogP contribution in [0.2, 0.25) is 0 Å². The summed E-state index contributed by atoms with van der Waals surface area (Å²) in [5, 5.41) is 7.75. The summed E-state index contributed by atoms with van der Waals surface area (Å²) in [4.78, 5) is 26.8. The molecule has 1 aromatic heterocycles. The average Bonchev–Trinajstić information content (AvgIpc) is 3.25. The van der Waals surface area contributed by atoms with E-state index in [-0.39, 0.29) is 29.0 Å². The molecule has 0 aliphatic heterocycles. The second-order valence-electron chi connectivity index (χ2n) is 8.96. The standard InChI is InChI=1S/C27H30N2O2S/c1-18-8-6-9-21(16-18)25(30)29-24(17-23-10-7-15-32-23)26(31)28-19(2)20-11-13-22(14-12-20)27(3,4)5/h6-17,19H,1-5H3,(H,28,31)(H,29,30)/b24-17-/t19-/m0/s1. The van der Waals surface area contributed by atoms with Gasteiger partial charge >= 0.3 is 0 Å². The van der Waals surface area contributed by atoms with Gasteiger partial charge in [0.25, 0.3) is 11.8 Å². The fourth-order valence-electron chi connectivity index (χ4n) is 3.28. The van der Waals surface area contributed by atoms with Crippen molar-refractivity contribution in [3.05, 3.63) is 98.9 Å². The van der Waals surface area contributed by atoms with Gasteiger partial charge in [0, 0.05) is 10.4 Å². The Hall–Kier alpha value is -3.18. The van der Waals surface area contributed by atoms with Gasteiger partial charge in [-0.2, -0.15) is 0 Å². The molecule has 0 bridgehead atoms. The summed E-state index contributed by atoms with van der Waals surface area (Å²) >= 11 is 1.51. The van der Waals surface area contributed by atoms with Crippen molar-refractivity contribution in [2.45, 2.75) is 46.1 Å². The van der Waals surface area contributed by atoms with Gasteiger partial charge in [-0.3, -0.25) is 9.59 Å². The van der Waals surface area contributed by atoms with Gasteiger partial charge < -0.3 is 10.6 Å². The van der Waals surface area contributed by atoms with Crippen LogP contribution in [-0.2, 0) is 10.2 Å². The Morgan fingerprint density at radius 1 is 1.00 bits per heavy atom. The molecule has 1 heterocycles. The second kappa shape index (κ2) is 9.96. The van der Waals surface area contributed by atoms with Crippen molar-refractivity contribution in [3.8, 4) is 0 Å². The SMILES string of the molecule is Cc1cccc(C(=O)N/C(=C\c2cccs2)C(=O)N[C@@H](C)c2ccc(C(C)(C)C)cc2)c1. The molecule has 0 radical (unpaired) electrons. The van der Waals surface area contributed by atoms with Crippen LogP contribution in [-0.4, -0.2) is 11.8 Å². The Bertz CT molecular complexity index is 1110. The van der Waals surface area contributed by atoms with Gasteiger partial charge in [0.2, 0.25) is 0 Å². The van der Waals surface area contributed by atoms with E-state index in [1.165, 1.54) is 16.9 Å². The van der Waals surface area contributed by atoms with Crippen LogP contribution in [0, 0.1) is 6.92 Å². The first-order chi connectivity index (χ1) is 15.1. The third-order valence-corrected chi connectivity index (χ3v) is 6.05. The van der Waals surface area contributed by atoms with Crippen LogP contribution < -0.4 is 10.6 Å². The molecule has 5 heteroatoms. The highest BCUT2D eigenvalue weighted by Gasteiger charge is 2.19. The lowest BCUT2D eigenvalue weighted by atomic mass is 9.86. The van der Waals surface area contributed by atoms with E-state index in [4.69, 9.17) is 0 Å².